The molecular weight excluding hydrogens is 202 g/mol. The minimum atomic E-state index is 0.174. The van der Waals surface area contributed by atoms with Crippen LogP contribution >= 0.6 is 0 Å². The van der Waals surface area contributed by atoms with Crippen molar-refractivity contribution in [1.82, 2.24) is 5.32 Å². The summed E-state index contributed by atoms with van der Waals surface area (Å²) in [6.45, 7) is 5.21. The van der Waals surface area contributed by atoms with Crippen LogP contribution in [0, 0.1) is 5.92 Å². The van der Waals surface area contributed by atoms with Crippen LogP contribution in [0.5, 0.6) is 0 Å². The Morgan fingerprint density at radius 1 is 1.56 bits per heavy atom. The number of hydrogen-bond donors (Lipinski definition) is 2. The van der Waals surface area contributed by atoms with E-state index in [4.69, 9.17) is 9.52 Å². The van der Waals surface area contributed by atoms with Crippen molar-refractivity contribution in [2.75, 3.05) is 6.61 Å². The number of furan rings is 1. The molecule has 1 aliphatic rings. The maximum absolute atomic E-state index is 9.05. The lowest BCUT2D eigenvalue weighted by molar-refractivity contribution is 0.235. The number of rotatable bonds is 6. The van der Waals surface area contributed by atoms with Gasteiger partial charge in [-0.1, -0.05) is 13.8 Å². The van der Waals surface area contributed by atoms with Crippen molar-refractivity contribution in [3.63, 3.8) is 0 Å². The van der Waals surface area contributed by atoms with Gasteiger partial charge in [-0.25, -0.2) is 0 Å². The quantitative estimate of drug-likeness (QED) is 0.777. The average Bonchev–Trinajstić information content (AvgIpc) is 2.84. The van der Waals surface area contributed by atoms with Gasteiger partial charge in [-0.05, 0) is 30.9 Å². The van der Waals surface area contributed by atoms with E-state index >= 15 is 0 Å². The minimum Gasteiger partial charge on any atom is -0.464 e. The van der Waals surface area contributed by atoms with Gasteiger partial charge in [0.25, 0.3) is 0 Å². The minimum absolute atomic E-state index is 0.174. The molecule has 1 fully saturated rings. The molecule has 2 rings (SSSR count). The Hall–Kier alpha value is -0.800. The molecule has 3 atom stereocenters. The zero-order valence-corrected chi connectivity index (χ0v) is 10.1. The molecule has 0 aliphatic heterocycles. The Morgan fingerprint density at radius 3 is 2.88 bits per heavy atom. The molecule has 3 heteroatoms. The van der Waals surface area contributed by atoms with Crippen molar-refractivity contribution in [1.29, 1.82) is 0 Å². The highest BCUT2D eigenvalue weighted by Crippen LogP contribution is 2.47. The molecular formula is C13H21NO2. The predicted molar refractivity (Wildman–Crippen MR) is 63.2 cm³/mol. The number of aliphatic hydroxyl groups excluding tert-OH is 1. The van der Waals surface area contributed by atoms with Crippen molar-refractivity contribution in [3.8, 4) is 0 Å². The van der Waals surface area contributed by atoms with Crippen LogP contribution in [-0.4, -0.2) is 17.8 Å². The van der Waals surface area contributed by atoms with Gasteiger partial charge in [0.15, 0.2) is 0 Å². The van der Waals surface area contributed by atoms with Crippen LogP contribution in [0.3, 0.4) is 0 Å². The third kappa shape index (κ3) is 2.66. The Bertz CT molecular complexity index is 330. The van der Waals surface area contributed by atoms with Crippen molar-refractivity contribution >= 4 is 0 Å². The lowest BCUT2D eigenvalue weighted by Gasteiger charge is -2.12. The van der Waals surface area contributed by atoms with Gasteiger partial charge in [-0.15, -0.1) is 0 Å². The van der Waals surface area contributed by atoms with E-state index in [9.17, 15) is 0 Å². The lowest BCUT2D eigenvalue weighted by Crippen LogP contribution is -2.30. The molecule has 0 saturated heterocycles. The summed E-state index contributed by atoms with van der Waals surface area (Å²) in [6.07, 6.45) is 2.19. The first-order valence-electron chi connectivity index (χ1n) is 6.17. The summed E-state index contributed by atoms with van der Waals surface area (Å²) in [6, 6.07) is 4.30. The van der Waals surface area contributed by atoms with Gasteiger partial charge in [0.2, 0.25) is 0 Å². The molecule has 3 nitrogen and oxygen atoms in total. The standard InChI is InChI=1S/C13H21NO2/c1-3-10(8-15)14-7-11-4-5-13(16-11)12-6-9(12)2/h4-5,9-10,12,14-15H,3,6-8H2,1-2H3/t9?,10-,12?/m0/s1. The SMILES string of the molecule is CC[C@@H](CO)NCc1ccc(C2CC2C)o1. The van der Waals surface area contributed by atoms with Crippen LogP contribution in [0.25, 0.3) is 0 Å². The van der Waals surface area contributed by atoms with Gasteiger partial charge in [0, 0.05) is 12.0 Å². The predicted octanol–water partition coefficient (Wildman–Crippen LogP) is 2.26. The molecule has 1 heterocycles. The molecule has 1 aromatic rings. The Morgan fingerprint density at radius 2 is 2.31 bits per heavy atom. The van der Waals surface area contributed by atoms with E-state index in [1.807, 2.05) is 6.07 Å². The second kappa shape index (κ2) is 5.02. The van der Waals surface area contributed by atoms with Crippen molar-refractivity contribution in [3.05, 3.63) is 23.7 Å². The summed E-state index contributed by atoms with van der Waals surface area (Å²) >= 11 is 0. The monoisotopic (exact) mass is 223 g/mol. The second-order valence-corrected chi connectivity index (χ2v) is 4.79. The normalized spacial score (nSPS) is 25.7. The van der Waals surface area contributed by atoms with Crippen LogP contribution in [0.15, 0.2) is 16.5 Å². The maximum Gasteiger partial charge on any atom is 0.117 e. The molecule has 90 valence electrons. The van der Waals surface area contributed by atoms with E-state index in [1.165, 1.54) is 6.42 Å². The Kier molecular flexibility index (Phi) is 3.66. The van der Waals surface area contributed by atoms with Gasteiger partial charge in [-0.2, -0.15) is 0 Å². The van der Waals surface area contributed by atoms with Crippen molar-refractivity contribution < 1.29 is 9.52 Å². The molecule has 0 radical (unpaired) electrons. The molecule has 0 amide bonds. The summed E-state index contributed by atoms with van der Waals surface area (Å²) < 4.78 is 5.77. The molecule has 0 bridgehead atoms. The van der Waals surface area contributed by atoms with Crippen LogP contribution in [0.4, 0.5) is 0 Å². The number of aliphatic hydroxyl groups is 1. The highest BCUT2D eigenvalue weighted by molar-refractivity contribution is 5.17. The first-order chi connectivity index (χ1) is 7.74. The zero-order chi connectivity index (χ0) is 11.5. The summed E-state index contributed by atoms with van der Waals surface area (Å²) in [7, 11) is 0. The highest BCUT2D eigenvalue weighted by atomic mass is 16.3. The Labute approximate surface area is 96.8 Å². The van der Waals surface area contributed by atoms with Crippen molar-refractivity contribution in [2.45, 2.75) is 45.2 Å². The summed E-state index contributed by atoms with van der Waals surface area (Å²) in [5.41, 5.74) is 0. The molecule has 1 aromatic heterocycles. The topological polar surface area (TPSA) is 45.4 Å². The van der Waals surface area contributed by atoms with Gasteiger partial charge >= 0.3 is 0 Å². The molecule has 0 aromatic carbocycles. The molecule has 2 unspecified atom stereocenters. The summed E-state index contributed by atoms with van der Waals surface area (Å²) in [5, 5.41) is 12.3. The fourth-order valence-electron chi connectivity index (χ4n) is 1.99. The lowest BCUT2D eigenvalue weighted by atomic mass is 10.2. The van der Waals surface area contributed by atoms with Crippen LogP contribution in [0.1, 0.15) is 44.1 Å². The fourth-order valence-corrected chi connectivity index (χ4v) is 1.99. The average molecular weight is 223 g/mol. The first-order valence-corrected chi connectivity index (χ1v) is 6.17. The molecule has 2 N–H and O–H groups in total. The number of hydrogen-bond acceptors (Lipinski definition) is 3. The first kappa shape index (κ1) is 11.7. The van der Waals surface area contributed by atoms with Crippen LogP contribution in [-0.2, 0) is 6.54 Å². The third-order valence-corrected chi connectivity index (χ3v) is 3.44. The maximum atomic E-state index is 9.05. The van der Waals surface area contributed by atoms with Gasteiger partial charge in [-0.3, -0.25) is 0 Å². The summed E-state index contributed by atoms with van der Waals surface area (Å²) in [5.74, 6) is 3.53. The largest absolute Gasteiger partial charge is 0.464 e. The van der Waals surface area contributed by atoms with E-state index in [0.717, 1.165) is 23.9 Å². The second-order valence-electron chi connectivity index (χ2n) is 4.79. The van der Waals surface area contributed by atoms with Gasteiger partial charge in [0.1, 0.15) is 11.5 Å². The van der Waals surface area contributed by atoms with Gasteiger partial charge < -0.3 is 14.8 Å². The van der Waals surface area contributed by atoms with E-state index in [1.54, 1.807) is 0 Å². The van der Waals surface area contributed by atoms with Crippen LogP contribution in [0.2, 0.25) is 0 Å². The van der Waals surface area contributed by atoms with E-state index in [0.29, 0.717) is 12.5 Å². The van der Waals surface area contributed by atoms with Crippen molar-refractivity contribution in [2.24, 2.45) is 5.92 Å². The zero-order valence-electron chi connectivity index (χ0n) is 10.1. The molecule has 0 spiro atoms. The summed E-state index contributed by atoms with van der Waals surface area (Å²) in [4.78, 5) is 0. The van der Waals surface area contributed by atoms with E-state index in [-0.39, 0.29) is 12.6 Å². The Balaban J connectivity index is 1.83. The molecule has 1 aliphatic carbocycles. The molecule has 1 saturated carbocycles. The van der Waals surface area contributed by atoms with E-state index < -0.39 is 0 Å². The highest BCUT2D eigenvalue weighted by Gasteiger charge is 2.36. The number of nitrogens with one attached hydrogen (secondary N) is 1. The fraction of sp³-hybridized carbons (Fsp3) is 0.692. The van der Waals surface area contributed by atoms with Crippen LogP contribution < -0.4 is 5.32 Å². The van der Waals surface area contributed by atoms with Gasteiger partial charge in [0.05, 0.1) is 13.2 Å². The molecule has 16 heavy (non-hydrogen) atoms. The third-order valence-electron chi connectivity index (χ3n) is 3.44. The smallest absolute Gasteiger partial charge is 0.117 e. The van der Waals surface area contributed by atoms with E-state index in [2.05, 4.69) is 25.2 Å².